The lowest BCUT2D eigenvalue weighted by Crippen LogP contribution is -2.17. The zero-order valence-electron chi connectivity index (χ0n) is 21.0. The second-order valence-corrected chi connectivity index (χ2v) is 10.9. The summed E-state index contributed by atoms with van der Waals surface area (Å²) in [5, 5.41) is 5.05. The van der Waals surface area contributed by atoms with Gasteiger partial charge in [0.2, 0.25) is 0 Å². The number of nitrogens with zero attached hydrogens (tertiary/aromatic N) is 1. The molecule has 1 aliphatic carbocycles. The molecule has 4 aromatic rings. The number of amides is 1. The predicted octanol–water partition coefficient (Wildman–Crippen LogP) is 8.01. The molecule has 37 heavy (non-hydrogen) atoms. The van der Waals surface area contributed by atoms with Gasteiger partial charge in [0.25, 0.3) is 5.91 Å². The van der Waals surface area contributed by atoms with Gasteiger partial charge in [0, 0.05) is 20.8 Å². The summed E-state index contributed by atoms with van der Waals surface area (Å²) < 4.78 is 5.55. The minimum Gasteiger partial charge on any atom is -0.462 e. The molecule has 0 aliphatic heterocycles. The van der Waals surface area contributed by atoms with Gasteiger partial charge in [-0.1, -0.05) is 55.3 Å². The first-order valence-corrected chi connectivity index (χ1v) is 14.0. The fraction of sp³-hybridized carbons (Fsp3) is 0.300. The second-order valence-electron chi connectivity index (χ2n) is 9.35. The van der Waals surface area contributed by atoms with Gasteiger partial charge in [-0.05, 0) is 68.4 Å². The van der Waals surface area contributed by atoms with E-state index in [-0.39, 0.29) is 11.9 Å². The molecule has 0 saturated heterocycles. The van der Waals surface area contributed by atoms with Crippen molar-refractivity contribution in [3.63, 3.8) is 0 Å². The predicted molar refractivity (Wildman–Crippen MR) is 151 cm³/mol. The minimum atomic E-state index is -0.354. The van der Waals surface area contributed by atoms with Crippen molar-refractivity contribution in [1.82, 2.24) is 4.98 Å². The van der Waals surface area contributed by atoms with Crippen LogP contribution in [0.3, 0.4) is 0 Å². The Balaban J connectivity index is 1.61. The highest BCUT2D eigenvalue weighted by molar-refractivity contribution is 7.17. The van der Waals surface area contributed by atoms with Crippen LogP contribution in [0, 0.1) is 6.92 Å². The molecule has 0 saturated carbocycles. The normalized spacial score (nSPS) is 13.2. The molecule has 1 N–H and O–H groups in total. The Bertz CT molecular complexity index is 1490. The zero-order chi connectivity index (χ0) is 25.9. The van der Waals surface area contributed by atoms with Crippen molar-refractivity contribution in [1.29, 1.82) is 0 Å². The number of para-hydroxylation sites is 1. The summed E-state index contributed by atoms with van der Waals surface area (Å²) in [4.78, 5) is 33.1. The monoisotopic (exact) mass is 532 g/mol. The minimum absolute atomic E-state index is 0.264. The third-order valence-electron chi connectivity index (χ3n) is 6.75. The molecule has 1 amide bonds. The summed E-state index contributed by atoms with van der Waals surface area (Å²) in [6, 6.07) is 15.1. The number of aryl methyl sites for hydroxylation is 1. The number of anilines is 1. The number of carbonyl (C=O) groups excluding carboxylic acids is 2. The molecule has 5 rings (SSSR count). The summed E-state index contributed by atoms with van der Waals surface area (Å²) >= 11 is 7.78. The molecule has 0 spiro atoms. The Morgan fingerprint density at radius 3 is 2.68 bits per heavy atom. The van der Waals surface area contributed by atoms with Crippen LogP contribution in [-0.4, -0.2) is 23.5 Å². The maximum atomic E-state index is 14.0. The Hall–Kier alpha value is -3.22. The summed E-state index contributed by atoms with van der Waals surface area (Å²) in [7, 11) is 0. The van der Waals surface area contributed by atoms with E-state index in [1.807, 2.05) is 62.4 Å². The first kappa shape index (κ1) is 25.4. The van der Waals surface area contributed by atoms with Gasteiger partial charge >= 0.3 is 5.97 Å². The molecule has 0 fully saturated rings. The maximum absolute atomic E-state index is 14.0. The van der Waals surface area contributed by atoms with Crippen molar-refractivity contribution < 1.29 is 14.3 Å². The fourth-order valence-electron chi connectivity index (χ4n) is 5.00. The van der Waals surface area contributed by atoms with Gasteiger partial charge in [0.1, 0.15) is 5.00 Å². The molecule has 0 bridgehead atoms. The van der Waals surface area contributed by atoms with Gasteiger partial charge in [-0.2, -0.15) is 0 Å². The van der Waals surface area contributed by atoms with Crippen molar-refractivity contribution in [2.24, 2.45) is 0 Å². The number of halogens is 1. The van der Waals surface area contributed by atoms with E-state index in [9.17, 15) is 9.59 Å². The third-order valence-corrected chi connectivity index (χ3v) is 8.19. The molecule has 0 radical (unpaired) electrons. The van der Waals surface area contributed by atoms with Crippen LogP contribution in [0.2, 0.25) is 5.02 Å². The van der Waals surface area contributed by atoms with Crippen molar-refractivity contribution in [2.75, 3.05) is 11.9 Å². The van der Waals surface area contributed by atoms with E-state index in [1.165, 1.54) is 16.2 Å². The molecule has 190 valence electrons. The highest BCUT2D eigenvalue weighted by Gasteiger charge is 2.28. The van der Waals surface area contributed by atoms with E-state index in [0.717, 1.165) is 66.1 Å². The Morgan fingerprint density at radius 2 is 1.86 bits per heavy atom. The summed E-state index contributed by atoms with van der Waals surface area (Å²) in [6.07, 6.45) is 5.74. The van der Waals surface area contributed by atoms with Crippen molar-refractivity contribution >= 4 is 50.7 Å². The van der Waals surface area contributed by atoms with Crippen LogP contribution in [0.1, 0.15) is 69.3 Å². The second kappa shape index (κ2) is 11.0. The van der Waals surface area contributed by atoms with Gasteiger partial charge < -0.3 is 10.1 Å². The molecule has 7 heteroatoms. The third kappa shape index (κ3) is 5.13. The SMILES string of the molecule is CCCOC(=O)c1c(NC(=O)c2c(C)c(-c3cccc(Cl)c3)nc3ccccc23)sc2c1CCCCC2. The van der Waals surface area contributed by atoms with Gasteiger partial charge in [-0.25, -0.2) is 9.78 Å². The van der Waals surface area contributed by atoms with Crippen LogP contribution in [0.25, 0.3) is 22.2 Å². The Kier molecular flexibility index (Phi) is 7.58. The Morgan fingerprint density at radius 1 is 1.05 bits per heavy atom. The average molecular weight is 533 g/mol. The van der Waals surface area contributed by atoms with Crippen LogP contribution >= 0.6 is 22.9 Å². The molecule has 2 aromatic heterocycles. The lowest BCUT2D eigenvalue weighted by atomic mass is 9.97. The number of nitrogens with one attached hydrogen (secondary N) is 1. The van der Waals surface area contributed by atoms with Crippen LogP contribution in [-0.2, 0) is 17.6 Å². The summed E-state index contributed by atoms with van der Waals surface area (Å²) in [5.74, 6) is -0.618. The quantitative estimate of drug-likeness (QED) is 0.202. The largest absolute Gasteiger partial charge is 0.462 e. The van der Waals surface area contributed by atoms with E-state index in [1.54, 1.807) is 0 Å². The smallest absolute Gasteiger partial charge is 0.341 e. The Labute approximate surface area is 225 Å². The molecular weight excluding hydrogens is 504 g/mol. The topological polar surface area (TPSA) is 68.3 Å². The van der Waals surface area contributed by atoms with Crippen LogP contribution in [0.4, 0.5) is 5.00 Å². The number of aromatic nitrogens is 1. The van der Waals surface area contributed by atoms with E-state index in [4.69, 9.17) is 21.3 Å². The molecule has 1 aliphatic rings. The van der Waals surface area contributed by atoms with Gasteiger partial charge in [-0.3, -0.25) is 4.79 Å². The molecule has 2 heterocycles. The van der Waals surface area contributed by atoms with Gasteiger partial charge in [0.05, 0.1) is 28.9 Å². The number of carbonyl (C=O) groups is 2. The van der Waals surface area contributed by atoms with Crippen molar-refractivity contribution in [2.45, 2.75) is 52.4 Å². The molecule has 0 unspecified atom stereocenters. The van der Waals surface area contributed by atoms with E-state index < -0.39 is 0 Å². The fourth-order valence-corrected chi connectivity index (χ4v) is 6.46. The van der Waals surface area contributed by atoms with Crippen LogP contribution < -0.4 is 5.32 Å². The standard InChI is InChI=1S/C30H29ClN2O3S/c1-3-16-36-30(35)26-22-13-5-4-6-15-24(22)37-29(26)33-28(34)25-18(2)27(19-10-9-11-20(31)17-19)32-23-14-8-7-12-21(23)25/h7-12,14,17H,3-6,13,15-16H2,1-2H3,(H,33,34). The maximum Gasteiger partial charge on any atom is 0.341 e. The highest BCUT2D eigenvalue weighted by atomic mass is 35.5. The number of esters is 1. The number of thiophene rings is 1. The number of hydrogen-bond donors (Lipinski definition) is 1. The first-order valence-electron chi connectivity index (χ1n) is 12.8. The number of pyridine rings is 1. The highest BCUT2D eigenvalue weighted by Crippen LogP contribution is 2.39. The number of hydrogen-bond acceptors (Lipinski definition) is 5. The first-order chi connectivity index (χ1) is 18.0. The van der Waals surface area contributed by atoms with Crippen molar-refractivity contribution in [3.8, 4) is 11.3 Å². The van der Waals surface area contributed by atoms with Crippen LogP contribution in [0.15, 0.2) is 48.5 Å². The van der Waals surface area contributed by atoms with Crippen LogP contribution in [0.5, 0.6) is 0 Å². The lowest BCUT2D eigenvalue weighted by Gasteiger charge is -2.15. The van der Waals surface area contributed by atoms with Crippen molar-refractivity contribution in [3.05, 3.63) is 80.7 Å². The number of ether oxygens (including phenoxy) is 1. The van der Waals surface area contributed by atoms with Gasteiger partial charge in [0.15, 0.2) is 0 Å². The molecule has 0 atom stereocenters. The zero-order valence-corrected chi connectivity index (χ0v) is 22.6. The number of fused-ring (bicyclic) bond motifs is 2. The number of rotatable bonds is 6. The summed E-state index contributed by atoms with van der Waals surface area (Å²) in [5.41, 5.74) is 5.12. The lowest BCUT2D eigenvalue weighted by molar-refractivity contribution is 0.0505. The van der Waals surface area contributed by atoms with E-state index in [2.05, 4.69) is 5.32 Å². The molecular formula is C30H29ClN2O3S. The van der Waals surface area contributed by atoms with E-state index >= 15 is 0 Å². The average Bonchev–Trinajstić information content (AvgIpc) is 3.06. The van der Waals surface area contributed by atoms with E-state index in [0.29, 0.717) is 33.5 Å². The summed E-state index contributed by atoms with van der Waals surface area (Å²) in [6.45, 7) is 4.23. The number of benzene rings is 2. The molecule has 2 aromatic carbocycles. The van der Waals surface area contributed by atoms with Gasteiger partial charge in [-0.15, -0.1) is 11.3 Å². The molecule has 5 nitrogen and oxygen atoms in total.